The average molecular weight is 363 g/mol. The molecule has 0 unspecified atom stereocenters. The highest BCUT2D eigenvalue weighted by Gasteiger charge is 2.31. The van der Waals surface area contributed by atoms with Crippen molar-refractivity contribution >= 4 is 15.8 Å². The van der Waals surface area contributed by atoms with E-state index in [-0.39, 0.29) is 36.2 Å². The lowest BCUT2D eigenvalue weighted by Gasteiger charge is -2.32. The van der Waals surface area contributed by atoms with E-state index < -0.39 is 16.1 Å². The lowest BCUT2D eigenvalue weighted by molar-refractivity contribution is -0.00258. The van der Waals surface area contributed by atoms with Gasteiger partial charge in [0.2, 0.25) is 10.0 Å². The molecule has 0 radical (unpaired) electrons. The van der Waals surface area contributed by atoms with Crippen LogP contribution < -0.4 is 0 Å². The highest BCUT2D eigenvalue weighted by atomic mass is 32.2. The molecule has 2 aromatic carbocycles. The first kappa shape index (κ1) is 17.7. The predicted octanol–water partition coefficient (Wildman–Crippen LogP) is 2.79. The molecule has 1 fully saturated rings. The van der Waals surface area contributed by atoms with Crippen molar-refractivity contribution in [2.45, 2.75) is 17.9 Å². The van der Waals surface area contributed by atoms with Crippen molar-refractivity contribution in [1.29, 1.82) is 0 Å². The van der Waals surface area contributed by atoms with E-state index in [0.29, 0.717) is 5.56 Å². The number of morpholine rings is 1. The molecule has 132 valence electrons. The van der Waals surface area contributed by atoms with Crippen LogP contribution in [-0.4, -0.2) is 38.2 Å². The Hall–Kier alpha value is -2.09. The summed E-state index contributed by atoms with van der Waals surface area (Å²) in [6.07, 6.45) is -0.444. The Balaban J connectivity index is 1.81. The highest BCUT2D eigenvalue weighted by Crippen LogP contribution is 2.26. The van der Waals surface area contributed by atoms with Crippen molar-refractivity contribution in [3.05, 3.63) is 65.5 Å². The van der Waals surface area contributed by atoms with Crippen LogP contribution in [-0.2, 0) is 14.8 Å². The molecule has 3 rings (SSSR count). The first-order valence-corrected chi connectivity index (χ1v) is 9.30. The number of carbonyl (C=O) groups excluding carboxylic acids is 1. The quantitative estimate of drug-likeness (QED) is 0.784. The Bertz CT molecular complexity index is 863. The Kier molecular flexibility index (Phi) is 4.99. The molecule has 0 spiro atoms. The molecule has 0 bridgehead atoms. The highest BCUT2D eigenvalue weighted by molar-refractivity contribution is 7.89. The first-order chi connectivity index (χ1) is 11.9. The minimum atomic E-state index is -3.69. The molecule has 1 aliphatic rings. The van der Waals surface area contributed by atoms with Crippen molar-refractivity contribution in [2.75, 3.05) is 19.7 Å². The van der Waals surface area contributed by atoms with E-state index in [1.54, 1.807) is 12.1 Å². The van der Waals surface area contributed by atoms with E-state index in [1.165, 1.54) is 47.6 Å². The molecule has 1 atom stereocenters. The average Bonchev–Trinajstić information content (AvgIpc) is 2.62. The van der Waals surface area contributed by atoms with Gasteiger partial charge in [0.05, 0.1) is 17.6 Å². The summed E-state index contributed by atoms with van der Waals surface area (Å²) in [5, 5.41) is 0. The fourth-order valence-corrected chi connectivity index (χ4v) is 4.16. The van der Waals surface area contributed by atoms with Crippen LogP contribution >= 0.6 is 0 Å². The third kappa shape index (κ3) is 3.78. The summed E-state index contributed by atoms with van der Waals surface area (Å²) in [6, 6.07) is 11.7. The zero-order valence-electron chi connectivity index (χ0n) is 13.7. The molecule has 1 heterocycles. The summed E-state index contributed by atoms with van der Waals surface area (Å²) >= 11 is 0. The normalized spacial score (nSPS) is 18.9. The molecule has 5 nitrogen and oxygen atoms in total. The lowest BCUT2D eigenvalue weighted by atomic mass is 10.1. The Morgan fingerprint density at radius 3 is 2.36 bits per heavy atom. The molecule has 2 aromatic rings. The van der Waals surface area contributed by atoms with Crippen LogP contribution in [0.1, 0.15) is 28.9 Å². The maximum Gasteiger partial charge on any atom is 0.243 e. The van der Waals surface area contributed by atoms with Gasteiger partial charge in [-0.15, -0.1) is 0 Å². The molecule has 0 N–H and O–H groups in total. The van der Waals surface area contributed by atoms with E-state index in [1.807, 2.05) is 0 Å². The van der Waals surface area contributed by atoms with Gasteiger partial charge in [0.1, 0.15) is 5.82 Å². The molecule has 0 saturated carbocycles. The number of hydrogen-bond donors (Lipinski definition) is 0. The van der Waals surface area contributed by atoms with Crippen molar-refractivity contribution < 1.29 is 22.3 Å². The lowest BCUT2D eigenvalue weighted by Crippen LogP contribution is -2.42. The second-order valence-corrected chi connectivity index (χ2v) is 7.79. The summed E-state index contributed by atoms with van der Waals surface area (Å²) in [7, 11) is -3.69. The topological polar surface area (TPSA) is 63.7 Å². The van der Waals surface area contributed by atoms with Gasteiger partial charge >= 0.3 is 0 Å². The second kappa shape index (κ2) is 7.03. The van der Waals surface area contributed by atoms with E-state index in [0.717, 1.165) is 5.56 Å². The second-order valence-electron chi connectivity index (χ2n) is 5.85. The number of benzene rings is 2. The summed E-state index contributed by atoms with van der Waals surface area (Å²) < 4.78 is 45.7. The van der Waals surface area contributed by atoms with Crippen LogP contribution in [0.2, 0.25) is 0 Å². The molecule has 0 amide bonds. The maximum atomic E-state index is 13.1. The standard InChI is InChI=1S/C18H18FNO4S/c1-13(21)14-4-8-17(9-5-14)25(22,23)20-10-11-24-18(12-20)15-2-6-16(19)7-3-15/h2-9,18H,10-12H2,1H3/t18-/m1/s1. The number of hydrogen-bond acceptors (Lipinski definition) is 4. The van der Waals surface area contributed by atoms with E-state index in [9.17, 15) is 17.6 Å². The SMILES string of the molecule is CC(=O)c1ccc(S(=O)(=O)N2CCO[C@@H](c3ccc(F)cc3)C2)cc1. The Morgan fingerprint density at radius 1 is 1.12 bits per heavy atom. The maximum absolute atomic E-state index is 13.1. The Morgan fingerprint density at radius 2 is 1.76 bits per heavy atom. The fraction of sp³-hybridized carbons (Fsp3) is 0.278. The van der Waals surface area contributed by atoms with Gasteiger partial charge in [0.15, 0.2) is 5.78 Å². The molecule has 25 heavy (non-hydrogen) atoms. The number of nitrogens with zero attached hydrogens (tertiary/aromatic N) is 1. The van der Waals surface area contributed by atoms with Gasteiger partial charge in [-0.3, -0.25) is 4.79 Å². The first-order valence-electron chi connectivity index (χ1n) is 7.86. The van der Waals surface area contributed by atoms with E-state index in [4.69, 9.17) is 4.74 Å². The van der Waals surface area contributed by atoms with E-state index in [2.05, 4.69) is 0 Å². The van der Waals surface area contributed by atoms with Gasteiger partial charge in [-0.1, -0.05) is 24.3 Å². The minimum Gasteiger partial charge on any atom is -0.371 e. The smallest absolute Gasteiger partial charge is 0.243 e. The number of ether oxygens (including phenoxy) is 1. The third-order valence-electron chi connectivity index (χ3n) is 4.17. The van der Waals surface area contributed by atoms with Crippen molar-refractivity contribution in [3.8, 4) is 0 Å². The zero-order chi connectivity index (χ0) is 18.0. The van der Waals surface area contributed by atoms with Crippen molar-refractivity contribution in [2.24, 2.45) is 0 Å². The van der Waals surface area contributed by atoms with Crippen LogP contribution in [0.5, 0.6) is 0 Å². The fourth-order valence-electron chi connectivity index (χ4n) is 2.73. The van der Waals surface area contributed by atoms with E-state index >= 15 is 0 Å². The van der Waals surface area contributed by atoms with Crippen LogP contribution in [0.15, 0.2) is 53.4 Å². The molecule has 7 heteroatoms. The van der Waals surface area contributed by atoms with Crippen molar-refractivity contribution in [3.63, 3.8) is 0 Å². The number of ketones is 1. The zero-order valence-corrected chi connectivity index (χ0v) is 14.5. The summed E-state index contributed by atoms with van der Waals surface area (Å²) in [5.41, 5.74) is 1.19. The molecule has 0 aromatic heterocycles. The minimum absolute atomic E-state index is 0.119. The predicted molar refractivity (Wildman–Crippen MR) is 90.3 cm³/mol. The van der Waals surface area contributed by atoms with Gasteiger partial charge < -0.3 is 4.74 Å². The van der Waals surface area contributed by atoms with Crippen LogP contribution in [0.3, 0.4) is 0 Å². The van der Waals surface area contributed by atoms with Crippen LogP contribution in [0.4, 0.5) is 4.39 Å². The monoisotopic (exact) mass is 363 g/mol. The summed E-state index contributed by atoms with van der Waals surface area (Å²) in [5.74, 6) is -0.471. The number of Topliss-reactive ketones (excluding diaryl/α,β-unsaturated/α-hetero) is 1. The number of rotatable bonds is 4. The van der Waals surface area contributed by atoms with Gasteiger partial charge in [-0.05, 0) is 36.8 Å². The Labute approximate surface area is 146 Å². The molecular formula is C18H18FNO4S. The van der Waals surface area contributed by atoms with Crippen molar-refractivity contribution in [1.82, 2.24) is 4.31 Å². The van der Waals surface area contributed by atoms with Gasteiger partial charge in [0.25, 0.3) is 0 Å². The molecule has 1 saturated heterocycles. The molecule has 0 aliphatic carbocycles. The summed E-state index contributed by atoms with van der Waals surface area (Å²) in [4.78, 5) is 11.5. The summed E-state index contributed by atoms with van der Waals surface area (Å²) in [6.45, 7) is 2.09. The van der Waals surface area contributed by atoms with Gasteiger partial charge in [0, 0.05) is 18.7 Å². The number of sulfonamides is 1. The van der Waals surface area contributed by atoms with Gasteiger partial charge in [-0.2, -0.15) is 4.31 Å². The molecular weight excluding hydrogens is 345 g/mol. The number of halogens is 1. The molecule has 1 aliphatic heterocycles. The largest absolute Gasteiger partial charge is 0.371 e. The third-order valence-corrected chi connectivity index (χ3v) is 6.05. The number of carbonyl (C=O) groups is 1. The van der Waals surface area contributed by atoms with Crippen LogP contribution in [0, 0.1) is 5.82 Å². The van der Waals surface area contributed by atoms with Crippen LogP contribution in [0.25, 0.3) is 0 Å². The van der Waals surface area contributed by atoms with Gasteiger partial charge in [-0.25, -0.2) is 12.8 Å².